The van der Waals surface area contributed by atoms with Gasteiger partial charge < -0.3 is 9.84 Å². The lowest BCUT2D eigenvalue weighted by Gasteiger charge is -2.02. The summed E-state index contributed by atoms with van der Waals surface area (Å²) in [5.74, 6) is 1.32. The van der Waals surface area contributed by atoms with Crippen LogP contribution in [-0.4, -0.2) is 17.2 Å². The average Bonchev–Trinajstić information content (AvgIpc) is 2.80. The highest BCUT2D eigenvalue weighted by Gasteiger charge is 2.12. The molecule has 0 aliphatic rings. The van der Waals surface area contributed by atoms with Crippen LogP contribution in [-0.2, 0) is 6.42 Å². The SMILES string of the molecule is CNC(C)c1noc(Cc2ccccc2Br)n1. The van der Waals surface area contributed by atoms with E-state index in [9.17, 15) is 0 Å². The van der Waals surface area contributed by atoms with Gasteiger partial charge >= 0.3 is 0 Å². The van der Waals surface area contributed by atoms with Crippen molar-refractivity contribution in [1.29, 1.82) is 0 Å². The molecule has 4 nitrogen and oxygen atoms in total. The summed E-state index contributed by atoms with van der Waals surface area (Å²) < 4.78 is 6.28. The highest BCUT2D eigenvalue weighted by Crippen LogP contribution is 2.19. The summed E-state index contributed by atoms with van der Waals surface area (Å²) in [6.07, 6.45) is 0.644. The van der Waals surface area contributed by atoms with Crippen LogP contribution in [0.2, 0.25) is 0 Å². The zero-order valence-electron chi connectivity index (χ0n) is 9.77. The fourth-order valence-corrected chi connectivity index (χ4v) is 1.87. The van der Waals surface area contributed by atoms with Crippen molar-refractivity contribution in [2.45, 2.75) is 19.4 Å². The number of nitrogens with zero attached hydrogens (tertiary/aromatic N) is 2. The number of aromatic nitrogens is 2. The molecule has 1 heterocycles. The Labute approximate surface area is 109 Å². The van der Waals surface area contributed by atoms with Gasteiger partial charge in [-0.15, -0.1) is 0 Å². The third kappa shape index (κ3) is 2.92. The van der Waals surface area contributed by atoms with Gasteiger partial charge in [-0.05, 0) is 25.6 Å². The maximum atomic E-state index is 5.22. The van der Waals surface area contributed by atoms with Crippen LogP contribution in [0.4, 0.5) is 0 Å². The largest absolute Gasteiger partial charge is 0.339 e. The van der Waals surface area contributed by atoms with E-state index >= 15 is 0 Å². The molecule has 0 fully saturated rings. The van der Waals surface area contributed by atoms with E-state index in [4.69, 9.17) is 4.52 Å². The molecular formula is C12H14BrN3O. The Morgan fingerprint density at radius 1 is 1.41 bits per heavy atom. The normalized spacial score (nSPS) is 12.6. The Morgan fingerprint density at radius 3 is 2.88 bits per heavy atom. The van der Waals surface area contributed by atoms with Crippen molar-refractivity contribution in [2.24, 2.45) is 0 Å². The van der Waals surface area contributed by atoms with Crippen molar-refractivity contribution in [3.63, 3.8) is 0 Å². The summed E-state index contributed by atoms with van der Waals surface area (Å²) in [7, 11) is 1.87. The van der Waals surface area contributed by atoms with Gasteiger partial charge in [-0.2, -0.15) is 4.98 Å². The van der Waals surface area contributed by atoms with Crippen molar-refractivity contribution in [1.82, 2.24) is 15.5 Å². The second kappa shape index (κ2) is 5.42. The molecule has 0 bridgehead atoms. The standard InChI is InChI=1S/C12H14BrN3O/c1-8(14-2)12-15-11(17-16-12)7-9-5-3-4-6-10(9)13/h3-6,8,14H,7H2,1-2H3. The number of hydrogen-bond donors (Lipinski definition) is 1. The van der Waals surface area contributed by atoms with E-state index in [1.54, 1.807) is 0 Å². The zero-order valence-corrected chi connectivity index (χ0v) is 11.4. The van der Waals surface area contributed by atoms with Crippen LogP contribution in [0, 0.1) is 0 Å². The zero-order chi connectivity index (χ0) is 12.3. The topological polar surface area (TPSA) is 51.0 Å². The molecule has 5 heteroatoms. The minimum atomic E-state index is 0.103. The van der Waals surface area contributed by atoms with Gasteiger partial charge in [0.25, 0.3) is 0 Å². The quantitative estimate of drug-likeness (QED) is 0.942. The molecule has 0 amide bonds. The monoisotopic (exact) mass is 295 g/mol. The molecule has 17 heavy (non-hydrogen) atoms. The second-order valence-corrected chi connectivity index (χ2v) is 4.68. The lowest BCUT2D eigenvalue weighted by Crippen LogP contribution is -2.13. The summed E-state index contributed by atoms with van der Waals surface area (Å²) in [4.78, 5) is 4.36. The molecular weight excluding hydrogens is 282 g/mol. The minimum absolute atomic E-state index is 0.103. The van der Waals surface area contributed by atoms with Gasteiger partial charge in [0.15, 0.2) is 5.82 Å². The predicted octanol–water partition coefficient (Wildman–Crippen LogP) is 2.70. The first kappa shape index (κ1) is 12.3. The minimum Gasteiger partial charge on any atom is -0.339 e. The number of nitrogens with one attached hydrogen (secondary N) is 1. The first-order valence-corrected chi connectivity index (χ1v) is 6.23. The molecule has 1 aromatic heterocycles. The molecule has 2 aromatic rings. The van der Waals surface area contributed by atoms with E-state index in [1.807, 2.05) is 38.2 Å². The van der Waals surface area contributed by atoms with E-state index in [2.05, 4.69) is 31.4 Å². The van der Waals surface area contributed by atoms with Gasteiger partial charge in [-0.1, -0.05) is 39.3 Å². The van der Waals surface area contributed by atoms with Crippen LogP contribution in [0.5, 0.6) is 0 Å². The summed E-state index contributed by atoms with van der Waals surface area (Å²) in [6, 6.07) is 8.12. The third-order valence-electron chi connectivity index (χ3n) is 2.60. The van der Waals surface area contributed by atoms with Crippen LogP contribution in [0.25, 0.3) is 0 Å². The molecule has 1 N–H and O–H groups in total. The number of benzene rings is 1. The van der Waals surface area contributed by atoms with E-state index in [0.29, 0.717) is 18.1 Å². The summed E-state index contributed by atoms with van der Waals surface area (Å²) in [5.41, 5.74) is 1.14. The molecule has 0 radical (unpaired) electrons. The Balaban J connectivity index is 2.14. The maximum Gasteiger partial charge on any atom is 0.231 e. The van der Waals surface area contributed by atoms with Crippen molar-refractivity contribution in [3.05, 3.63) is 46.0 Å². The summed E-state index contributed by atoms with van der Waals surface area (Å²) >= 11 is 3.50. The maximum absolute atomic E-state index is 5.22. The molecule has 2 rings (SSSR count). The first-order chi connectivity index (χ1) is 8.20. The number of rotatable bonds is 4. The highest BCUT2D eigenvalue weighted by atomic mass is 79.9. The third-order valence-corrected chi connectivity index (χ3v) is 3.38. The fraction of sp³-hybridized carbons (Fsp3) is 0.333. The highest BCUT2D eigenvalue weighted by molar-refractivity contribution is 9.10. The van der Waals surface area contributed by atoms with E-state index in [-0.39, 0.29) is 6.04 Å². The van der Waals surface area contributed by atoms with Gasteiger partial charge in [-0.25, -0.2) is 0 Å². The number of hydrogen-bond acceptors (Lipinski definition) is 4. The summed E-state index contributed by atoms with van der Waals surface area (Å²) in [6.45, 7) is 1.99. The Kier molecular flexibility index (Phi) is 3.91. The van der Waals surface area contributed by atoms with Gasteiger partial charge in [0.1, 0.15) is 0 Å². The van der Waals surface area contributed by atoms with Crippen molar-refractivity contribution >= 4 is 15.9 Å². The van der Waals surface area contributed by atoms with Gasteiger partial charge in [0, 0.05) is 4.47 Å². The first-order valence-electron chi connectivity index (χ1n) is 5.44. The number of halogens is 1. The molecule has 0 spiro atoms. The van der Waals surface area contributed by atoms with Crippen LogP contribution in [0.1, 0.15) is 30.2 Å². The van der Waals surface area contributed by atoms with Crippen molar-refractivity contribution in [2.75, 3.05) is 7.05 Å². The van der Waals surface area contributed by atoms with Crippen molar-refractivity contribution in [3.8, 4) is 0 Å². The molecule has 0 saturated heterocycles. The Morgan fingerprint density at radius 2 is 2.18 bits per heavy atom. The Hall–Kier alpha value is -1.20. The van der Waals surface area contributed by atoms with Gasteiger partial charge in [-0.3, -0.25) is 0 Å². The second-order valence-electron chi connectivity index (χ2n) is 3.82. The smallest absolute Gasteiger partial charge is 0.231 e. The molecule has 0 saturated carbocycles. The van der Waals surface area contributed by atoms with Crippen LogP contribution in [0.15, 0.2) is 33.3 Å². The van der Waals surface area contributed by atoms with Crippen molar-refractivity contribution < 1.29 is 4.52 Å². The predicted molar refractivity (Wildman–Crippen MR) is 68.7 cm³/mol. The summed E-state index contributed by atoms with van der Waals surface area (Å²) in [5, 5.41) is 7.02. The Bertz CT molecular complexity index is 498. The fourth-order valence-electron chi connectivity index (χ4n) is 1.45. The molecule has 1 atom stereocenters. The lowest BCUT2D eigenvalue weighted by molar-refractivity contribution is 0.374. The van der Waals surface area contributed by atoms with E-state index < -0.39 is 0 Å². The van der Waals surface area contributed by atoms with Crippen LogP contribution in [0.3, 0.4) is 0 Å². The lowest BCUT2D eigenvalue weighted by atomic mass is 10.1. The van der Waals surface area contributed by atoms with Crippen LogP contribution >= 0.6 is 15.9 Å². The van der Waals surface area contributed by atoms with Gasteiger partial charge in [0.2, 0.25) is 5.89 Å². The molecule has 0 aliphatic carbocycles. The molecule has 0 aliphatic heterocycles. The van der Waals surface area contributed by atoms with Crippen LogP contribution < -0.4 is 5.32 Å². The molecule has 1 unspecified atom stereocenters. The molecule has 1 aromatic carbocycles. The van der Waals surface area contributed by atoms with E-state index in [0.717, 1.165) is 10.0 Å². The average molecular weight is 296 g/mol. The molecule has 90 valence electrons. The van der Waals surface area contributed by atoms with E-state index in [1.165, 1.54) is 0 Å². The van der Waals surface area contributed by atoms with Gasteiger partial charge in [0.05, 0.1) is 12.5 Å².